The molecule has 0 bridgehead atoms. The Morgan fingerprint density at radius 3 is 2.64 bits per heavy atom. The molecule has 0 aliphatic carbocycles. The Morgan fingerprint density at radius 1 is 1.43 bits per heavy atom. The lowest BCUT2D eigenvalue weighted by molar-refractivity contribution is -0.149. The summed E-state index contributed by atoms with van der Waals surface area (Å²) in [4.78, 5) is 40.5. The molecule has 0 radical (unpaired) electrons. The molecule has 9 nitrogen and oxygen atoms in total. The fraction of sp³-hybridized carbons (Fsp3) is 0.412. The first kappa shape index (κ1) is 19.8. The quantitative estimate of drug-likeness (QED) is 0.669. The van der Waals surface area contributed by atoms with Crippen LogP contribution in [0.3, 0.4) is 0 Å². The van der Waals surface area contributed by atoms with E-state index in [1.54, 1.807) is 0 Å². The molecule has 11 heteroatoms. The van der Waals surface area contributed by atoms with E-state index in [0.29, 0.717) is 4.90 Å². The topological polar surface area (TPSA) is 120 Å². The molecule has 1 aromatic rings. The second-order valence-corrected chi connectivity index (χ2v) is 6.40. The second-order valence-electron chi connectivity index (χ2n) is 6.40. The first-order valence-corrected chi connectivity index (χ1v) is 8.42. The summed E-state index contributed by atoms with van der Waals surface area (Å²) in [6, 6.07) is 2.20. The van der Waals surface area contributed by atoms with E-state index in [1.165, 1.54) is 13.1 Å². The highest BCUT2D eigenvalue weighted by Gasteiger charge is 2.58. The van der Waals surface area contributed by atoms with Crippen LogP contribution in [-0.4, -0.2) is 66.1 Å². The van der Waals surface area contributed by atoms with Gasteiger partial charge in [0.05, 0.1) is 12.2 Å². The lowest BCUT2D eigenvalue weighted by Gasteiger charge is -2.46. The average molecular weight is 396 g/mol. The highest BCUT2D eigenvalue weighted by molar-refractivity contribution is 5.99. The SMILES string of the molecule is CC(=O)NCC1CN(C(=O)O)C(=O)C(c2c(F)cccc2F)(C2N=CCO2)N1. The molecule has 2 aliphatic heterocycles. The van der Waals surface area contributed by atoms with E-state index in [2.05, 4.69) is 15.6 Å². The maximum absolute atomic E-state index is 14.7. The van der Waals surface area contributed by atoms with Gasteiger partial charge in [-0.2, -0.15) is 0 Å². The monoisotopic (exact) mass is 396 g/mol. The van der Waals surface area contributed by atoms with Crippen LogP contribution in [0.2, 0.25) is 0 Å². The largest absolute Gasteiger partial charge is 0.465 e. The fourth-order valence-corrected chi connectivity index (χ4v) is 3.40. The van der Waals surface area contributed by atoms with E-state index in [4.69, 9.17) is 4.74 Å². The van der Waals surface area contributed by atoms with Crippen LogP contribution >= 0.6 is 0 Å². The van der Waals surface area contributed by atoms with E-state index in [9.17, 15) is 28.3 Å². The zero-order chi connectivity index (χ0) is 20.5. The summed E-state index contributed by atoms with van der Waals surface area (Å²) in [7, 11) is 0. The molecule has 0 saturated carbocycles. The predicted octanol–water partition coefficient (Wildman–Crippen LogP) is 0.202. The highest BCUT2D eigenvalue weighted by Crippen LogP contribution is 2.38. The molecular formula is C17H18F2N4O5. The normalized spacial score (nSPS) is 27.1. The minimum atomic E-state index is -2.26. The van der Waals surface area contributed by atoms with Crippen LogP contribution in [-0.2, 0) is 19.9 Å². The molecule has 3 atom stereocenters. The van der Waals surface area contributed by atoms with Gasteiger partial charge in [-0.15, -0.1) is 0 Å². The summed E-state index contributed by atoms with van der Waals surface area (Å²) < 4.78 is 34.8. The average Bonchev–Trinajstić information content (AvgIpc) is 3.16. The lowest BCUT2D eigenvalue weighted by atomic mass is 9.82. The molecule has 3 unspecified atom stereocenters. The maximum atomic E-state index is 14.7. The van der Waals surface area contributed by atoms with Crippen LogP contribution in [0.25, 0.3) is 0 Å². The smallest absolute Gasteiger partial charge is 0.414 e. The van der Waals surface area contributed by atoms with Gasteiger partial charge in [0.15, 0.2) is 11.8 Å². The van der Waals surface area contributed by atoms with Crippen LogP contribution in [0.1, 0.15) is 12.5 Å². The Kier molecular flexibility index (Phi) is 5.38. The zero-order valence-electron chi connectivity index (χ0n) is 14.8. The summed E-state index contributed by atoms with van der Waals surface area (Å²) in [5.41, 5.74) is -2.95. The van der Waals surface area contributed by atoms with Gasteiger partial charge < -0.3 is 15.2 Å². The zero-order valence-corrected chi connectivity index (χ0v) is 14.8. The van der Waals surface area contributed by atoms with Crippen LogP contribution in [0.15, 0.2) is 23.2 Å². The van der Waals surface area contributed by atoms with Crippen molar-refractivity contribution in [1.82, 2.24) is 15.5 Å². The minimum absolute atomic E-state index is 0.0130. The highest BCUT2D eigenvalue weighted by atomic mass is 19.1. The second kappa shape index (κ2) is 7.60. The van der Waals surface area contributed by atoms with E-state index < -0.39 is 52.9 Å². The number of nitrogens with one attached hydrogen (secondary N) is 2. The number of carbonyl (C=O) groups excluding carboxylic acids is 2. The van der Waals surface area contributed by atoms with Crippen molar-refractivity contribution in [3.8, 4) is 0 Å². The van der Waals surface area contributed by atoms with Crippen molar-refractivity contribution in [3.05, 3.63) is 35.4 Å². The molecule has 3 N–H and O–H groups in total. The molecule has 1 aromatic carbocycles. The molecule has 1 saturated heterocycles. The van der Waals surface area contributed by atoms with Gasteiger partial charge in [0.2, 0.25) is 5.91 Å². The summed E-state index contributed by atoms with van der Waals surface area (Å²) in [6.07, 6.45) is -1.67. The Balaban J connectivity index is 2.17. The summed E-state index contributed by atoms with van der Waals surface area (Å²) >= 11 is 0. The van der Waals surface area contributed by atoms with Crippen molar-refractivity contribution in [3.63, 3.8) is 0 Å². The van der Waals surface area contributed by atoms with Gasteiger partial charge in [0, 0.05) is 32.3 Å². The number of imide groups is 1. The molecular weight excluding hydrogens is 378 g/mol. The van der Waals surface area contributed by atoms with Gasteiger partial charge in [0.25, 0.3) is 5.91 Å². The molecule has 28 heavy (non-hydrogen) atoms. The summed E-state index contributed by atoms with van der Waals surface area (Å²) in [6.45, 7) is 0.835. The first-order chi connectivity index (χ1) is 13.3. The number of carboxylic acid groups (broad SMARTS) is 1. The Labute approximate surface area is 158 Å². The standard InChI is InChI=1S/C17H18F2N4O5/c1-9(24)21-7-10-8-23(16(26)27)15(25)17(22-10,14-20-5-6-28-14)13-11(18)3-2-4-12(13)19/h2-5,10,14,22H,6-8H2,1H3,(H,21,24)(H,26,27). The number of nitrogens with zero attached hydrogens (tertiary/aromatic N) is 2. The van der Waals surface area contributed by atoms with E-state index in [1.807, 2.05) is 0 Å². The summed E-state index contributed by atoms with van der Waals surface area (Å²) in [5, 5.41) is 14.8. The third-order valence-electron chi connectivity index (χ3n) is 4.54. The Hall–Kier alpha value is -2.92. The van der Waals surface area contributed by atoms with Gasteiger partial charge in [0.1, 0.15) is 11.6 Å². The lowest BCUT2D eigenvalue weighted by Crippen LogP contribution is -2.72. The number of benzene rings is 1. The van der Waals surface area contributed by atoms with Crippen molar-refractivity contribution >= 4 is 24.1 Å². The molecule has 0 spiro atoms. The van der Waals surface area contributed by atoms with E-state index >= 15 is 0 Å². The minimum Gasteiger partial charge on any atom is -0.465 e. The van der Waals surface area contributed by atoms with Crippen molar-refractivity contribution in [1.29, 1.82) is 0 Å². The van der Waals surface area contributed by atoms with Crippen molar-refractivity contribution < 1.29 is 33.0 Å². The van der Waals surface area contributed by atoms with E-state index in [0.717, 1.165) is 18.2 Å². The molecule has 1 fully saturated rings. The fourth-order valence-electron chi connectivity index (χ4n) is 3.40. The van der Waals surface area contributed by atoms with Crippen molar-refractivity contribution in [2.75, 3.05) is 19.7 Å². The van der Waals surface area contributed by atoms with Gasteiger partial charge in [-0.25, -0.2) is 18.5 Å². The maximum Gasteiger partial charge on any atom is 0.414 e. The molecule has 0 aromatic heterocycles. The number of amides is 3. The molecule has 2 heterocycles. The number of hydrogen-bond acceptors (Lipinski definition) is 6. The Bertz CT molecular complexity index is 829. The van der Waals surface area contributed by atoms with Crippen LogP contribution in [0.5, 0.6) is 0 Å². The number of hydrogen-bond donors (Lipinski definition) is 3. The van der Waals surface area contributed by atoms with Crippen molar-refractivity contribution in [2.24, 2.45) is 4.99 Å². The van der Waals surface area contributed by atoms with E-state index in [-0.39, 0.29) is 19.7 Å². The van der Waals surface area contributed by atoms with Gasteiger partial charge >= 0.3 is 6.09 Å². The Morgan fingerprint density at radius 2 is 2.11 bits per heavy atom. The van der Waals surface area contributed by atoms with Crippen LogP contribution in [0, 0.1) is 11.6 Å². The summed E-state index contributed by atoms with van der Waals surface area (Å²) in [5.74, 6) is -3.63. The molecule has 2 aliphatic rings. The number of aliphatic imine (C=N–C) groups is 1. The number of carbonyl (C=O) groups is 3. The third kappa shape index (κ3) is 3.34. The number of piperazine rings is 1. The van der Waals surface area contributed by atoms with Crippen LogP contribution < -0.4 is 10.6 Å². The molecule has 150 valence electrons. The number of ether oxygens (including phenoxy) is 1. The first-order valence-electron chi connectivity index (χ1n) is 8.42. The molecule has 3 amide bonds. The van der Waals surface area contributed by atoms with Gasteiger partial charge in [-0.1, -0.05) is 6.07 Å². The van der Waals surface area contributed by atoms with Crippen LogP contribution in [0.4, 0.5) is 13.6 Å². The number of halogens is 2. The third-order valence-corrected chi connectivity index (χ3v) is 4.54. The van der Waals surface area contributed by atoms with Gasteiger partial charge in [-0.3, -0.25) is 19.9 Å². The van der Waals surface area contributed by atoms with Crippen molar-refractivity contribution in [2.45, 2.75) is 24.7 Å². The number of rotatable bonds is 4. The molecule has 3 rings (SSSR count). The van der Waals surface area contributed by atoms with Gasteiger partial charge in [-0.05, 0) is 12.1 Å². The predicted molar refractivity (Wildman–Crippen MR) is 91.6 cm³/mol.